The van der Waals surface area contributed by atoms with E-state index in [1.165, 1.54) is 30.3 Å². The van der Waals surface area contributed by atoms with E-state index >= 15 is 0 Å². The number of amides is 2. The van der Waals surface area contributed by atoms with Crippen molar-refractivity contribution in [2.45, 2.75) is 11.8 Å². The number of sulfonamides is 1. The number of imide groups is 1. The Balaban J connectivity index is 1.61. The lowest BCUT2D eigenvalue weighted by molar-refractivity contribution is 0.0926. The molecule has 1 aliphatic rings. The predicted octanol–water partition coefficient (Wildman–Crippen LogP) is 2.58. The Morgan fingerprint density at radius 1 is 0.963 bits per heavy atom. The van der Waals surface area contributed by atoms with Crippen LogP contribution in [-0.2, 0) is 10.0 Å². The molecule has 0 unspecified atom stereocenters. The Kier molecular flexibility index (Phi) is 3.81. The zero-order valence-electron chi connectivity index (χ0n) is 14.0. The second kappa shape index (κ2) is 6.06. The molecule has 0 aliphatic carbocycles. The van der Waals surface area contributed by atoms with Gasteiger partial charge in [-0.05, 0) is 43.3 Å². The van der Waals surface area contributed by atoms with Crippen LogP contribution in [0.15, 0.2) is 64.0 Å². The van der Waals surface area contributed by atoms with Gasteiger partial charge < -0.3 is 4.52 Å². The topological polar surface area (TPSA) is 110 Å². The van der Waals surface area contributed by atoms with Crippen molar-refractivity contribution in [3.63, 3.8) is 0 Å². The van der Waals surface area contributed by atoms with Crippen LogP contribution in [-0.4, -0.2) is 25.4 Å². The van der Waals surface area contributed by atoms with Gasteiger partial charge in [-0.25, -0.2) is 13.3 Å². The van der Waals surface area contributed by atoms with E-state index in [2.05, 4.69) is 9.88 Å². The fourth-order valence-corrected chi connectivity index (χ4v) is 3.79. The molecule has 0 saturated heterocycles. The van der Waals surface area contributed by atoms with Gasteiger partial charge in [-0.3, -0.25) is 14.3 Å². The number of benzene rings is 2. The number of rotatable bonds is 4. The largest absolute Gasteiger partial charge is 0.360 e. The highest BCUT2D eigenvalue weighted by molar-refractivity contribution is 7.92. The molecule has 1 N–H and O–H groups in total. The van der Waals surface area contributed by atoms with E-state index < -0.39 is 21.8 Å². The van der Waals surface area contributed by atoms with Gasteiger partial charge in [0.15, 0.2) is 5.82 Å². The number of fused-ring (bicyclic) bond motifs is 1. The smallest absolute Gasteiger partial charge is 0.266 e. The first kappa shape index (κ1) is 17.0. The molecule has 4 rings (SSSR count). The number of nitrogens with one attached hydrogen (secondary N) is 1. The molecule has 0 saturated carbocycles. The molecular weight excluding hydrogens is 370 g/mol. The van der Waals surface area contributed by atoms with E-state index in [1.807, 2.05) is 0 Å². The van der Waals surface area contributed by atoms with Crippen LogP contribution in [0, 0.1) is 6.92 Å². The molecule has 0 fully saturated rings. The SMILES string of the molecule is Cc1cc(NS(=O)(=O)c2ccc(N3C(=O)c4ccccc4C3=O)cc2)no1. The van der Waals surface area contributed by atoms with Crippen molar-refractivity contribution in [2.24, 2.45) is 0 Å². The van der Waals surface area contributed by atoms with Crippen LogP contribution in [0.2, 0.25) is 0 Å². The number of hydrogen-bond acceptors (Lipinski definition) is 6. The van der Waals surface area contributed by atoms with Crippen molar-refractivity contribution in [3.8, 4) is 0 Å². The average Bonchev–Trinajstić information content (AvgIpc) is 3.16. The summed E-state index contributed by atoms with van der Waals surface area (Å²) in [6.45, 7) is 1.64. The summed E-state index contributed by atoms with van der Waals surface area (Å²) in [5.74, 6) is -0.351. The monoisotopic (exact) mass is 383 g/mol. The number of carbonyl (C=O) groups is 2. The Bertz CT molecular complexity index is 1130. The van der Waals surface area contributed by atoms with Gasteiger partial charge in [0.25, 0.3) is 21.8 Å². The van der Waals surface area contributed by atoms with Gasteiger partial charge in [0.2, 0.25) is 0 Å². The Morgan fingerprint density at radius 2 is 1.56 bits per heavy atom. The molecule has 9 heteroatoms. The summed E-state index contributed by atoms with van der Waals surface area (Å²) in [6, 6.07) is 13.4. The molecule has 0 radical (unpaired) electrons. The lowest BCUT2D eigenvalue weighted by atomic mass is 10.1. The minimum Gasteiger partial charge on any atom is -0.360 e. The maximum atomic E-state index is 12.5. The number of nitrogens with zero attached hydrogens (tertiary/aromatic N) is 2. The average molecular weight is 383 g/mol. The van der Waals surface area contributed by atoms with E-state index in [0.29, 0.717) is 16.9 Å². The molecule has 8 nitrogen and oxygen atoms in total. The van der Waals surface area contributed by atoms with Gasteiger partial charge in [-0.1, -0.05) is 17.3 Å². The van der Waals surface area contributed by atoms with Gasteiger partial charge in [0.1, 0.15) is 5.76 Å². The third-order valence-corrected chi connectivity index (χ3v) is 5.44. The number of aromatic nitrogens is 1. The molecule has 1 aromatic heterocycles. The molecule has 0 spiro atoms. The van der Waals surface area contributed by atoms with Crippen LogP contribution >= 0.6 is 0 Å². The first-order chi connectivity index (χ1) is 12.9. The lowest BCUT2D eigenvalue weighted by Gasteiger charge is -2.14. The normalized spacial score (nSPS) is 13.7. The second-order valence-corrected chi connectivity index (χ2v) is 7.60. The summed E-state index contributed by atoms with van der Waals surface area (Å²) in [7, 11) is -3.88. The Hall–Kier alpha value is -3.46. The third-order valence-electron chi connectivity index (χ3n) is 4.07. The Morgan fingerprint density at radius 3 is 2.07 bits per heavy atom. The fourth-order valence-electron chi connectivity index (χ4n) is 2.81. The van der Waals surface area contributed by atoms with Crippen LogP contribution in [0.1, 0.15) is 26.5 Å². The number of anilines is 2. The fraction of sp³-hybridized carbons (Fsp3) is 0.0556. The summed E-state index contributed by atoms with van der Waals surface area (Å²) < 4.78 is 31.9. The maximum Gasteiger partial charge on any atom is 0.266 e. The molecule has 0 atom stereocenters. The second-order valence-electron chi connectivity index (χ2n) is 5.91. The predicted molar refractivity (Wildman–Crippen MR) is 96.1 cm³/mol. The summed E-state index contributed by atoms with van der Waals surface area (Å²) in [6.07, 6.45) is 0. The molecule has 3 aromatic rings. The maximum absolute atomic E-state index is 12.5. The van der Waals surface area contributed by atoms with Crippen LogP contribution in [0.25, 0.3) is 0 Å². The summed E-state index contributed by atoms with van der Waals surface area (Å²) in [5, 5.41) is 3.59. The molecule has 2 aromatic carbocycles. The highest BCUT2D eigenvalue weighted by Gasteiger charge is 2.36. The first-order valence-electron chi connectivity index (χ1n) is 7.91. The van der Waals surface area contributed by atoms with E-state index in [0.717, 1.165) is 4.90 Å². The van der Waals surface area contributed by atoms with Crippen LogP contribution in [0.3, 0.4) is 0 Å². The minimum absolute atomic E-state index is 0.0384. The number of carbonyl (C=O) groups excluding carboxylic acids is 2. The van der Waals surface area contributed by atoms with Gasteiger partial charge in [-0.2, -0.15) is 0 Å². The summed E-state index contributed by atoms with van der Waals surface area (Å²) in [5.41, 5.74) is 0.932. The molecule has 1 aliphatic heterocycles. The molecule has 27 heavy (non-hydrogen) atoms. The molecule has 0 bridgehead atoms. The van der Waals surface area contributed by atoms with E-state index in [4.69, 9.17) is 4.52 Å². The van der Waals surface area contributed by atoms with Gasteiger partial charge in [0.05, 0.1) is 21.7 Å². The van der Waals surface area contributed by atoms with Crippen molar-refractivity contribution in [1.82, 2.24) is 5.16 Å². The van der Waals surface area contributed by atoms with Crippen molar-refractivity contribution < 1.29 is 22.5 Å². The van der Waals surface area contributed by atoms with Gasteiger partial charge >= 0.3 is 0 Å². The van der Waals surface area contributed by atoms with Gasteiger partial charge in [-0.15, -0.1) is 0 Å². The van der Waals surface area contributed by atoms with E-state index in [9.17, 15) is 18.0 Å². The van der Waals surface area contributed by atoms with Crippen molar-refractivity contribution >= 4 is 33.3 Å². The molecule has 2 heterocycles. The molecular formula is C18H13N3O5S. The van der Waals surface area contributed by atoms with Crippen LogP contribution in [0.4, 0.5) is 11.5 Å². The van der Waals surface area contributed by atoms with Gasteiger partial charge in [0, 0.05) is 6.07 Å². The number of aryl methyl sites for hydroxylation is 1. The first-order valence-corrected chi connectivity index (χ1v) is 9.39. The molecule has 136 valence electrons. The highest BCUT2D eigenvalue weighted by atomic mass is 32.2. The third kappa shape index (κ3) is 2.87. The van der Waals surface area contributed by atoms with Crippen LogP contribution < -0.4 is 9.62 Å². The lowest BCUT2D eigenvalue weighted by Crippen LogP contribution is -2.29. The zero-order chi connectivity index (χ0) is 19.2. The van der Waals surface area contributed by atoms with Crippen molar-refractivity contribution in [2.75, 3.05) is 9.62 Å². The minimum atomic E-state index is -3.88. The van der Waals surface area contributed by atoms with Crippen molar-refractivity contribution in [1.29, 1.82) is 0 Å². The standard InChI is InChI=1S/C18H13N3O5S/c1-11-10-16(19-26-11)20-27(24,25)13-8-6-12(7-9-13)21-17(22)14-4-2-3-5-15(14)18(21)23/h2-10H,1H3,(H,19,20). The van der Waals surface area contributed by atoms with E-state index in [1.54, 1.807) is 31.2 Å². The Labute approximate surface area is 154 Å². The summed E-state index contributed by atoms with van der Waals surface area (Å²) >= 11 is 0. The zero-order valence-corrected chi connectivity index (χ0v) is 14.9. The molecule has 2 amide bonds. The number of hydrogen-bond donors (Lipinski definition) is 1. The quantitative estimate of drug-likeness (QED) is 0.694. The van der Waals surface area contributed by atoms with Crippen molar-refractivity contribution in [3.05, 3.63) is 71.5 Å². The summed E-state index contributed by atoms with van der Waals surface area (Å²) in [4.78, 5) is 26.0. The highest BCUT2D eigenvalue weighted by Crippen LogP contribution is 2.29. The van der Waals surface area contributed by atoms with Crippen LogP contribution in [0.5, 0.6) is 0 Å². The van der Waals surface area contributed by atoms with E-state index in [-0.39, 0.29) is 16.4 Å².